The molecule has 2 rings (SSSR count). The number of hydrogen-bond acceptors (Lipinski definition) is 4. The number of nitrogens with two attached hydrogens (primary N) is 1. The summed E-state index contributed by atoms with van der Waals surface area (Å²) in [5.41, 5.74) is 4.17. The number of carbonyl (C=O) groups excluding carboxylic acids is 1. The van der Waals surface area contributed by atoms with Crippen molar-refractivity contribution in [2.24, 2.45) is 11.7 Å². The average molecular weight is 268 g/mol. The number of rotatable bonds is 5. The lowest BCUT2D eigenvalue weighted by Crippen LogP contribution is -2.47. The third kappa shape index (κ3) is 2.57. The molecule has 0 radical (unpaired) electrons. The van der Waals surface area contributed by atoms with Gasteiger partial charge in [0.1, 0.15) is 0 Å². The first-order valence-corrected chi connectivity index (χ1v) is 6.93. The summed E-state index contributed by atoms with van der Waals surface area (Å²) in [6.07, 6.45) is -1.82. The first kappa shape index (κ1) is 12.7. The normalized spacial score (nSPS) is 32.6. The number of alkyl halides is 2. The predicted molar refractivity (Wildman–Crippen MR) is 55.7 cm³/mol. The van der Waals surface area contributed by atoms with Crippen molar-refractivity contribution in [1.82, 2.24) is 4.72 Å². The monoisotopic (exact) mass is 268 g/mol. The van der Waals surface area contributed by atoms with Crippen LogP contribution in [0.25, 0.3) is 0 Å². The molecule has 0 aromatic heterocycles. The van der Waals surface area contributed by atoms with Crippen molar-refractivity contribution in [1.29, 1.82) is 0 Å². The standard InChI is InChI=1S/C9H14F2N2O3S/c10-7(11)3-5-4-9(5,12)8(14)13-17(15,16)6-1-2-6/h5-7H,1-4,12H2,(H,13,14)/t5-,9-/m1/s1. The molecule has 5 nitrogen and oxygen atoms in total. The molecule has 2 atom stereocenters. The molecule has 0 unspecified atom stereocenters. The average Bonchev–Trinajstić information content (AvgIpc) is 3.00. The van der Waals surface area contributed by atoms with Crippen molar-refractivity contribution in [3.8, 4) is 0 Å². The first-order chi connectivity index (χ1) is 7.75. The van der Waals surface area contributed by atoms with Crippen LogP contribution in [0.2, 0.25) is 0 Å². The van der Waals surface area contributed by atoms with E-state index < -0.39 is 45.5 Å². The van der Waals surface area contributed by atoms with Crippen molar-refractivity contribution in [3.05, 3.63) is 0 Å². The summed E-state index contributed by atoms with van der Waals surface area (Å²) in [5, 5.41) is -0.526. The molecular formula is C9H14F2N2O3S. The zero-order chi connectivity index (χ0) is 12.8. The van der Waals surface area contributed by atoms with E-state index in [9.17, 15) is 22.0 Å². The Morgan fingerprint density at radius 3 is 2.53 bits per heavy atom. The molecule has 2 aliphatic carbocycles. The van der Waals surface area contributed by atoms with E-state index >= 15 is 0 Å². The van der Waals surface area contributed by atoms with Gasteiger partial charge >= 0.3 is 0 Å². The van der Waals surface area contributed by atoms with Crippen LogP contribution < -0.4 is 10.5 Å². The Bertz CT molecular complexity index is 436. The van der Waals surface area contributed by atoms with E-state index in [1.807, 2.05) is 4.72 Å². The van der Waals surface area contributed by atoms with Crippen LogP contribution in [-0.2, 0) is 14.8 Å². The molecule has 0 aliphatic heterocycles. The third-order valence-electron chi connectivity index (χ3n) is 3.24. The zero-order valence-electron chi connectivity index (χ0n) is 9.03. The van der Waals surface area contributed by atoms with Crippen LogP contribution in [-0.4, -0.2) is 31.5 Å². The second-order valence-corrected chi connectivity index (χ2v) is 6.70. The minimum Gasteiger partial charge on any atom is -0.317 e. The van der Waals surface area contributed by atoms with Gasteiger partial charge in [-0.15, -0.1) is 0 Å². The van der Waals surface area contributed by atoms with Crippen LogP contribution in [0.4, 0.5) is 8.78 Å². The molecule has 0 aromatic carbocycles. The van der Waals surface area contributed by atoms with Crippen molar-refractivity contribution in [2.75, 3.05) is 0 Å². The third-order valence-corrected chi connectivity index (χ3v) is 5.06. The maximum atomic E-state index is 12.1. The van der Waals surface area contributed by atoms with Gasteiger partial charge in [0.2, 0.25) is 16.4 Å². The lowest BCUT2D eigenvalue weighted by molar-refractivity contribution is -0.121. The fourth-order valence-electron chi connectivity index (χ4n) is 1.82. The van der Waals surface area contributed by atoms with Gasteiger partial charge in [-0.25, -0.2) is 17.2 Å². The highest BCUT2D eigenvalue weighted by atomic mass is 32.2. The molecular weight excluding hydrogens is 254 g/mol. The Kier molecular flexibility index (Phi) is 2.89. The number of sulfonamides is 1. The van der Waals surface area contributed by atoms with E-state index in [2.05, 4.69) is 0 Å². The summed E-state index contributed by atoms with van der Waals surface area (Å²) in [6, 6.07) is 0. The van der Waals surface area contributed by atoms with Crippen LogP contribution in [0, 0.1) is 5.92 Å². The van der Waals surface area contributed by atoms with E-state index in [0.29, 0.717) is 12.8 Å². The van der Waals surface area contributed by atoms with Gasteiger partial charge in [0, 0.05) is 6.42 Å². The van der Waals surface area contributed by atoms with Crippen molar-refractivity contribution in [2.45, 2.75) is 42.9 Å². The van der Waals surface area contributed by atoms with Gasteiger partial charge in [-0.05, 0) is 25.2 Å². The van der Waals surface area contributed by atoms with Gasteiger partial charge in [-0.1, -0.05) is 0 Å². The van der Waals surface area contributed by atoms with E-state index in [1.54, 1.807) is 0 Å². The summed E-state index contributed by atoms with van der Waals surface area (Å²) in [5.74, 6) is -1.48. The van der Waals surface area contributed by atoms with Crippen LogP contribution in [0.3, 0.4) is 0 Å². The zero-order valence-corrected chi connectivity index (χ0v) is 9.84. The quantitative estimate of drug-likeness (QED) is 0.732. The molecule has 2 saturated carbocycles. The second kappa shape index (κ2) is 3.88. The Labute approximate surface area is 97.8 Å². The number of halogens is 2. The lowest BCUT2D eigenvalue weighted by Gasteiger charge is -2.12. The van der Waals surface area contributed by atoms with Crippen LogP contribution >= 0.6 is 0 Å². The fraction of sp³-hybridized carbons (Fsp3) is 0.889. The molecule has 0 aromatic rings. The summed E-state index contributed by atoms with van der Waals surface area (Å²) < 4.78 is 49.0. The van der Waals surface area contributed by atoms with Gasteiger partial charge < -0.3 is 5.73 Å². The molecule has 0 saturated heterocycles. The van der Waals surface area contributed by atoms with E-state index in [0.717, 1.165) is 0 Å². The highest BCUT2D eigenvalue weighted by Crippen LogP contribution is 2.45. The Balaban J connectivity index is 1.93. The van der Waals surface area contributed by atoms with Crippen LogP contribution in [0.1, 0.15) is 25.7 Å². The Morgan fingerprint density at radius 2 is 2.06 bits per heavy atom. The SMILES string of the molecule is N[C@]1(C(=O)NS(=O)(=O)C2CC2)C[C@H]1CC(F)F. The minimum absolute atomic E-state index is 0.114. The van der Waals surface area contributed by atoms with Gasteiger partial charge in [-0.2, -0.15) is 0 Å². The van der Waals surface area contributed by atoms with Gasteiger partial charge in [0.15, 0.2) is 0 Å². The predicted octanol–water partition coefficient (Wildman–Crippen LogP) is -0.0326. The summed E-state index contributed by atoms with van der Waals surface area (Å²) in [7, 11) is -3.65. The highest BCUT2D eigenvalue weighted by molar-refractivity contribution is 7.90. The molecule has 0 heterocycles. The molecule has 3 N–H and O–H groups in total. The topological polar surface area (TPSA) is 89.3 Å². The maximum Gasteiger partial charge on any atom is 0.253 e. The number of carbonyl (C=O) groups is 1. The van der Waals surface area contributed by atoms with Crippen molar-refractivity contribution < 1.29 is 22.0 Å². The molecule has 17 heavy (non-hydrogen) atoms. The molecule has 2 aliphatic rings. The molecule has 0 bridgehead atoms. The Hall–Kier alpha value is -0.760. The smallest absolute Gasteiger partial charge is 0.253 e. The molecule has 1 amide bonds. The van der Waals surface area contributed by atoms with Gasteiger partial charge in [-0.3, -0.25) is 9.52 Å². The Morgan fingerprint density at radius 1 is 1.47 bits per heavy atom. The number of nitrogens with one attached hydrogen (secondary N) is 1. The fourth-order valence-corrected chi connectivity index (χ4v) is 3.19. The summed E-state index contributed by atoms with van der Waals surface area (Å²) in [6.45, 7) is 0. The largest absolute Gasteiger partial charge is 0.317 e. The minimum atomic E-state index is -3.65. The van der Waals surface area contributed by atoms with Gasteiger partial charge in [0.05, 0.1) is 10.8 Å². The van der Waals surface area contributed by atoms with E-state index in [-0.39, 0.29) is 6.42 Å². The lowest BCUT2D eigenvalue weighted by atomic mass is 10.1. The second-order valence-electron chi connectivity index (χ2n) is 4.74. The molecule has 8 heteroatoms. The first-order valence-electron chi connectivity index (χ1n) is 5.39. The van der Waals surface area contributed by atoms with E-state index in [1.165, 1.54) is 0 Å². The van der Waals surface area contributed by atoms with Crippen molar-refractivity contribution >= 4 is 15.9 Å². The molecule has 0 spiro atoms. The van der Waals surface area contributed by atoms with Gasteiger partial charge in [0.25, 0.3) is 5.91 Å². The summed E-state index contributed by atoms with van der Waals surface area (Å²) in [4.78, 5) is 11.6. The number of amides is 1. The van der Waals surface area contributed by atoms with E-state index in [4.69, 9.17) is 5.73 Å². The summed E-state index contributed by atoms with van der Waals surface area (Å²) >= 11 is 0. The van der Waals surface area contributed by atoms with Crippen molar-refractivity contribution in [3.63, 3.8) is 0 Å². The van der Waals surface area contributed by atoms with Crippen LogP contribution in [0.5, 0.6) is 0 Å². The maximum absolute atomic E-state index is 12.1. The number of hydrogen-bond donors (Lipinski definition) is 2. The van der Waals surface area contributed by atoms with Crippen LogP contribution in [0.15, 0.2) is 0 Å². The molecule has 98 valence electrons. The molecule has 2 fully saturated rings. The highest BCUT2D eigenvalue weighted by Gasteiger charge is 2.58.